The number of likely N-dealkylation sites (tertiary alicyclic amines) is 1. The number of unbranched alkanes of at least 4 members (excludes halogenated alkanes) is 2. The molecule has 0 unspecified atom stereocenters. The highest BCUT2D eigenvalue weighted by molar-refractivity contribution is 5.94. The van der Waals surface area contributed by atoms with Crippen LogP contribution in [0.1, 0.15) is 71.5 Å². The largest absolute Gasteiger partial charge is 0.494 e. The number of amides is 1. The van der Waals surface area contributed by atoms with Gasteiger partial charge in [0.2, 0.25) is 0 Å². The Bertz CT molecular complexity index is 836. The van der Waals surface area contributed by atoms with Crippen LogP contribution < -0.4 is 4.74 Å². The van der Waals surface area contributed by atoms with E-state index in [1.807, 2.05) is 29.2 Å². The molecule has 7 nitrogen and oxygen atoms in total. The third-order valence-electron chi connectivity index (χ3n) is 5.49. The van der Waals surface area contributed by atoms with Gasteiger partial charge in [0, 0.05) is 18.7 Å². The zero-order chi connectivity index (χ0) is 20.8. The number of carbonyl (C=O) groups is 2. The van der Waals surface area contributed by atoms with Crippen LogP contribution in [0, 0.1) is 6.92 Å². The van der Waals surface area contributed by atoms with E-state index in [4.69, 9.17) is 4.74 Å². The van der Waals surface area contributed by atoms with E-state index in [9.17, 15) is 14.7 Å². The predicted molar refractivity (Wildman–Crippen MR) is 110 cm³/mol. The van der Waals surface area contributed by atoms with E-state index in [2.05, 4.69) is 12.0 Å². The van der Waals surface area contributed by atoms with Crippen LogP contribution in [0.4, 0.5) is 0 Å². The van der Waals surface area contributed by atoms with Crippen molar-refractivity contribution in [3.63, 3.8) is 0 Å². The van der Waals surface area contributed by atoms with Gasteiger partial charge in [-0.15, -0.1) is 0 Å². The van der Waals surface area contributed by atoms with Crippen LogP contribution in [-0.4, -0.2) is 51.4 Å². The van der Waals surface area contributed by atoms with Gasteiger partial charge in [0.05, 0.1) is 24.5 Å². The van der Waals surface area contributed by atoms with Crippen LogP contribution in [-0.2, 0) is 0 Å². The average Bonchev–Trinajstić information content (AvgIpc) is 3.13. The normalized spacial score (nSPS) is 14.8. The van der Waals surface area contributed by atoms with Crippen LogP contribution in [0.25, 0.3) is 0 Å². The number of carbonyl (C=O) groups excluding carboxylic acids is 1. The zero-order valence-electron chi connectivity index (χ0n) is 17.1. The standard InChI is InChI=1S/C22H29N3O4/c1-3-4-5-14-29-19-8-6-17(7-9-19)21(26)24-12-10-18(11-13-24)25-16(2)20(15-23-25)22(27)28/h6-9,15,18H,3-5,10-14H2,1-2H3,(H,27,28). The fourth-order valence-electron chi connectivity index (χ4n) is 3.73. The van der Waals surface area contributed by atoms with E-state index in [0.717, 1.165) is 37.9 Å². The molecule has 1 fully saturated rings. The summed E-state index contributed by atoms with van der Waals surface area (Å²) in [4.78, 5) is 25.9. The number of rotatable bonds is 8. The lowest BCUT2D eigenvalue weighted by atomic mass is 10.0. The number of hydrogen-bond acceptors (Lipinski definition) is 4. The minimum Gasteiger partial charge on any atom is -0.494 e. The molecule has 2 aromatic rings. The van der Waals surface area contributed by atoms with Crippen molar-refractivity contribution >= 4 is 11.9 Å². The maximum absolute atomic E-state index is 12.8. The van der Waals surface area contributed by atoms with Crippen molar-refractivity contribution in [2.75, 3.05) is 19.7 Å². The molecule has 1 saturated heterocycles. The van der Waals surface area contributed by atoms with Gasteiger partial charge in [-0.25, -0.2) is 4.79 Å². The molecule has 0 bridgehead atoms. The van der Waals surface area contributed by atoms with Crippen molar-refractivity contribution in [2.45, 2.75) is 52.0 Å². The number of hydrogen-bond donors (Lipinski definition) is 1. The third kappa shape index (κ3) is 4.96. The second-order valence-electron chi connectivity index (χ2n) is 7.50. The van der Waals surface area contributed by atoms with E-state index in [1.54, 1.807) is 11.6 Å². The Hall–Kier alpha value is -2.83. The molecule has 29 heavy (non-hydrogen) atoms. The maximum Gasteiger partial charge on any atom is 0.339 e. The highest BCUT2D eigenvalue weighted by Crippen LogP contribution is 2.26. The Morgan fingerprint density at radius 1 is 1.17 bits per heavy atom. The zero-order valence-corrected chi connectivity index (χ0v) is 17.1. The number of benzene rings is 1. The van der Waals surface area contributed by atoms with E-state index in [-0.39, 0.29) is 17.5 Å². The van der Waals surface area contributed by atoms with Crippen molar-refractivity contribution in [1.82, 2.24) is 14.7 Å². The smallest absolute Gasteiger partial charge is 0.339 e. The Labute approximate surface area is 171 Å². The van der Waals surface area contributed by atoms with Gasteiger partial charge in [-0.05, 0) is 50.5 Å². The first-order chi connectivity index (χ1) is 14.0. The molecule has 1 N–H and O–H groups in total. The summed E-state index contributed by atoms with van der Waals surface area (Å²) in [6.07, 6.45) is 6.27. The van der Waals surface area contributed by atoms with Crippen molar-refractivity contribution in [3.05, 3.63) is 47.3 Å². The number of piperidine rings is 1. The number of carboxylic acid groups (broad SMARTS) is 1. The Balaban J connectivity index is 1.54. The fraction of sp³-hybridized carbons (Fsp3) is 0.500. The molecule has 7 heteroatoms. The lowest BCUT2D eigenvalue weighted by molar-refractivity contribution is 0.0688. The number of aromatic carboxylic acids is 1. The molecule has 1 aromatic heterocycles. The minimum absolute atomic E-state index is 0.0180. The lowest BCUT2D eigenvalue weighted by Gasteiger charge is -2.32. The fourth-order valence-corrected chi connectivity index (χ4v) is 3.73. The van der Waals surface area contributed by atoms with Crippen LogP contribution in [0.3, 0.4) is 0 Å². The van der Waals surface area contributed by atoms with Crippen LogP contribution in [0.2, 0.25) is 0 Å². The maximum atomic E-state index is 12.8. The average molecular weight is 399 g/mol. The molecule has 3 rings (SSSR count). The van der Waals surface area contributed by atoms with Crippen LogP contribution in [0.5, 0.6) is 5.75 Å². The first kappa shape index (κ1) is 20.9. The summed E-state index contributed by atoms with van der Waals surface area (Å²) in [5.41, 5.74) is 1.56. The number of ether oxygens (including phenoxy) is 1. The second kappa shape index (κ2) is 9.58. The van der Waals surface area contributed by atoms with Gasteiger partial charge < -0.3 is 14.7 Å². The Morgan fingerprint density at radius 2 is 1.86 bits per heavy atom. The minimum atomic E-state index is -0.959. The highest BCUT2D eigenvalue weighted by Gasteiger charge is 2.27. The van der Waals surface area contributed by atoms with Gasteiger partial charge >= 0.3 is 5.97 Å². The van der Waals surface area contributed by atoms with Gasteiger partial charge in [-0.3, -0.25) is 9.48 Å². The quantitative estimate of drug-likeness (QED) is 0.680. The number of carboxylic acids is 1. The Kier molecular flexibility index (Phi) is 6.90. The summed E-state index contributed by atoms with van der Waals surface area (Å²) in [6, 6.07) is 7.46. The predicted octanol–water partition coefficient (Wildman–Crippen LogP) is 3.94. The summed E-state index contributed by atoms with van der Waals surface area (Å²) in [6.45, 7) is 5.89. The number of nitrogens with zero attached hydrogens (tertiary/aromatic N) is 3. The lowest BCUT2D eigenvalue weighted by Crippen LogP contribution is -2.39. The van der Waals surface area contributed by atoms with E-state index < -0.39 is 5.97 Å². The monoisotopic (exact) mass is 399 g/mol. The first-order valence-corrected chi connectivity index (χ1v) is 10.3. The third-order valence-corrected chi connectivity index (χ3v) is 5.49. The van der Waals surface area contributed by atoms with Gasteiger partial charge in [-0.2, -0.15) is 5.10 Å². The molecule has 0 atom stereocenters. The summed E-state index contributed by atoms with van der Waals surface area (Å²) in [5, 5.41) is 13.4. The van der Waals surface area contributed by atoms with Gasteiger partial charge in [0.1, 0.15) is 11.3 Å². The van der Waals surface area contributed by atoms with Gasteiger partial charge in [0.15, 0.2) is 0 Å². The van der Waals surface area contributed by atoms with Crippen molar-refractivity contribution in [1.29, 1.82) is 0 Å². The van der Waals surface area contributed by atoms with Crippen molar-refractivity contribution in [2.24, 2.45) is 0 Å². The summed E-state index contributed by atoms with van der Waals surface area (Å²) >= 11 is 0. The molecule has 1 amide bonds. The molecule has 0 aliphatic carbocycles. The molecule has 2 heterocycles. The molecule has 0 saturated carbocycles. The van der Waals surface area contributed by atoms with E-state index >= 15 is 0 Å². The van der Waals surface area contributed by atoms with E-state index in [0.29, 0.717) is 31.0 Å². The van der Waals surface area contributed by atoms with Crippen LogP contribution in [0.15, 0.2) is 30.5 Å². The number of aromatic nitrogens is 2. The van der Waals surface area contributed by atoms with Crippen molar-refractivity contribution < 1.29 is 19.4 Å². The topological polar surface area (TPSA) is 84.7 Å². The first-order valence-electron chi connectivity index (χ1n) is 10.3. The van der Waals surface area contributed by atoms with Gasteiger partial charge in [0.25, 0.3) is 5.91 Å². The Morgan fingerprint density at radius 3 is 2.45 bits per heavy atom. The van der Waals surface area contributed by atoms with Gasteiger partial charge in [-0.1, -0.05) is 19.8 Å². The molecule has 1 aromatic carbocycles. The SMILES string of the molecule is CCCCCOc1ccc(C(=O)N2CCC(n3ncc(C(=O)O)c3C)CC2)cc1. The molecule has 156 valence electrons. The summed E-state index contributed by atoms with van der Waals surface area (Å²) in [7, 11) is 0. The summed E-state index contributed by atoms with van der Waals surface area (Å²) in [5.74, 6) is -0.150. The van der Waals surface area contributed by atoms with Crippen molar-refractivity contribution in [3.8, 4) is 5.75 Å². The molecule has 0 spiro atoms. The summed E-state index contributed by atoms with van der Waals surface area (Å²) < 4.78 is 7.49. The molecular weight excluding hydrogens is 370 g/mol. The molecule has 1 aliphatic rings. The highest BCUT2D eigenvalue weighted by atomic mass is 16.5. The second-order valence-corrected chi connectivity index (χ2v) is 7.50. The van der Waals surface area contributed by atoms with E-state index in [1.165, 1.54) is 6.20 Å². The molecule has 1 aliphatic heterocycles. The molecular formula is C22H29N3O4. The van der Waals surface area contributed by atoms with Crippen LogP contribution >= 0.6 is 0 Å². The molecule has 0 radical (unpaired) electrons.